The van der Waals surface area contributed by atoms with E-state index >= 15 is 0 Å². The molecule has 1 aromatic heterocycles. The minimum Gasteiger partial charge on any atom is -0.310 e. The summed E-state index contributed by atoms with van der Waals surface area (Å²) in [6.07, 6.45) is 4.89. The predicted octanol–water partition coefficient (Wildman–Crippen LogP) is 5.39. The van der Waals surface area contributed by atoms with Gasteiger partial charge in [0.1, 0.15) is 0 Å². The van der Waals surface area contributed by atoms with Gasteiger partial charge in [-0.2, -0.15) is 0 Å². The molecule has 0 saturated heterocycles. The molecule has 3 aromatic rings. The first-order valence-electron chi connectivity index (χ1n) is 9.60. The summed E-state index contributed by atoms with van der Waals surface area (Å²) in [5, 5.41) is 7.35. The Bertz CT molecular complexity index is 845. The van der Waals surface area contributed by atoms with Crippen LogP contribution < -0.4 is 5.32 Å². The molecule has 0 amide bonds. The van der Waals surface area contributed by atoms with Crippen molar-refractivity contribution in [1.82, 2.24) is 10.2 Å². The highest BCUT2D eigenvalue weighted by Crippen LogP contribution is 2.41. The Morgan fingerprint density at radius 2 is 1.81 bits per heavy atom. The Labute approximate surface area is 160 Å². The Kier molecular flexibility index (Phi) is 5.12. The van der Waals surface area contributed by atoms with E-state index in [0.29, 0.717) is 6.04 Å². The van der Waals surface area contributed by atoms with E-state index in [-0.39, 0.29) is 5.54 Å². The molecular weight excluding hydrogens is 336 g/mol. The number of nitrogens with zero attached hydrogens (tertiary/aromatic N) is 1. The van der Waals surface area contributed by atoms with Crippen LogP contribution >= 0.6 is 11.3 Å². The monoisotopic (exact) mass is 364 g/mol. The molecule has 4 rings (SSSR count). The normalized spacial score (nSPS) is 23.6. The van der Waals surface area contributed by atoms with Gasteiger partial charge in [-0.3, -0.25) is 4.90 Å². The van der Waals surface area contributed by atoms with Crippen LogP contribution in [0, 0.1) is 0 Å². The van der Waals surface area contributed by atoms with E-state index in [2.05, 4.69) is 84.3 Å². The third-order valence-electron chi connectivity index (χ3n) is 6.09. The summed E-state index contributed by atoms with van der Waals surface area (Å²) in [6.45, 7) is 0.969. The lowest BCUT2D eigenvalue weighted by molar-refractivity contribution is 0.0853. The van der Waals surface area contributed by atoms with Gasteiger partial charge in [0.05, 0.1) is 0 Å². The van der Waals surface area contributed by atoms with Gasteiger partial charge in [-0.1, -0.05) is 36.4 Å². The first kappa shape index (κ1) is 17.7. The first-order valence-corrected chi connectivity index (χ1v) is 10.5. The molecule has 0 radical (unpaired) electrons. The molecule has 0 bridgehead atoms. The van der Waals surface area contributed by atoms with Crippen molar-refractivity contribution in [2.45, 2.75) is 43.8 Å². The molecule has 2 nitrogen and oxygen atoms in total. The van der Waals surface area contributed by atoms with Gasteiger partial charge < -0.3 is 5.32 Å². The highest BCUT2D eigenvalue weighted by atomic mass is 32.1. The molecule has 1 aliphatic carbocycles. The molecule has 3 heteroatoms. The number of fused-ring (bicyclic) bond motifs is 1. The van der Waals surface area contributed by atoms with E-state index < -0.39 is 0 Å². The quantitative estimate of drug-likeness (QED) is 0.653. The average Bonchev–Trinajstić information content (AvgIpc) is 3.15. The number of thiophene rings is 1. The third-order valence-corrected chi connectivity index (χ3v) is 6.99. The maximum atomic E-state index is 3.81. The highest BCUT2D eigenvalue weighted by molar-refractivity contribution is 7.17. The maximum Gasteiger partial charge on any atom is 0.0455 e. The lowest BCUT2D eigenvalue weighted by Gasteiger charge is -2.45. The Hall–Kier alpha value is -1.68. The van der Waals surface area contributed by atoms with Crippen LogP contribution in [0.4, 0.5) is 0 Å². The number of nitrogens with one attached hydrogen (secondary N) is 1. The summed E-state index contributed by atoms with van der Waals surface area (Å²) in [7, 11) is 4.47. The van der Waals surface area contributed by atoms with Crippen molar-refractivity contribution in [3.8, 4) is 0 Å². The minimum atomic E-state index is 0.190. The van der Waals surface area contributed by atoms with Gasteiger partial charge in [0.25, 0.3) is 0 Å². The fraction of sp³-hybridized carbons (Fsp3) is 0.391. The highest BCUT2D eigenvalue weighted by Gasteiger charge is 2.38. The van der Waals surface area contributed by atoms with E-state index in [4.69, 9.17) is 0 Å². The second kappa shape index (κ2) is 7.51. The molecule has 2 aromatic carbocycles. The summed E-state index contributed by atoms with van der Waals surface area (Å²) in [6, 6.07) is 20.7. The minimum absolute atomic E-state index is 0.190. The van der Waals surface area contributed by atoms with E-state index in [1.165, 1.54) is 46.9 Å². The van der Waals surface area contributed by atoms with Gasteiger partial charge in [0, 0.05) is 22.8 Å². The molecule has 0 unspecified atom stereocenters. The number of hydrogen-bond acceptors (Lipinski definition) is 3. The molecule has 26 heavy (non-hydrogen) atoms. The predicted molar refractivity (Wildman–Crippen MR) is 113 cm³/mol. The molecule has 136 valence electrons. The lowest BCUT2D eigenvalue weighted by Crippen LogP contribution is -2.47. The van der Waals surface area contributed by atoms with Crippen molar-refractivity contribution < 1.29 is 0 Å². The third kappa shape index (κ3) is 3.44. The zero-order valence-electron chi connectivity index (χ0n) is 15.7. The molecule has 1 N–H and O–H groups in total. The SMILES string of the molecule is CN(C)C1(c2ccccc2)CCC(NCc2ccc3sccc3c2)CC1. The van der Waals surface area contributed by atoms with E-state index in [1.54, 1.807) is 0 Å². The van der Waals surface area contributed by atoms with Crippen molar-refractivity contribution in [2.24, 2.45) is 0 Å². The second-order valence-electron chi connectivity index (χ2n) is 7.74. The number of benzene rings is 2. The van der Waals surface area contributed by atoms with E-state index in [1.807, 2.05) is 11.3 Å². The van der Waals surface area contributed by atoms with E-state index in [0.717, 1.165) is 6.54 Å². The fourth-order valence-electron chi connectivity index (χ4n) is 4.43. The van der Waals surface area contributed by atoms with Gasteiger partial charge >= 0.3 is 0 Å². The van der Waals surface area contributed by atoms with Gasteiger partial charge in [0.2, 0.25) is 0 Å². The van der Waals surface area contributed by atoms with Crippen LogP contribution in [0.15, 0.2) is 60.0 Å². The van der Waals surface area contributed by atoms with Crippen LogP contribution in [-0.4, -0.2) is 25.0 Å². The van der Waals surface area contributed by atoms with Crippen LogP contribution in [0.2, 0.25) is 0 Å². The van der Waals surface area contributed by atoms with Crippen LogP contribution in [0.25, 0.3) is 10.1 Å². The van der Waals surface area contributed by atoms with Crippen molar-refractivity contribution in [3.05, 3.63) is 71.1 Å². The van der Waals surface area contributed by atoms with Crippen LogP contribution in [-0.2, 0) is 12.1 Å². The molecule has 1 heterocycles. The molecule has 0 atom stereocenters. The van der Waals surface area contributed by atoms with Gasteiger partial charge in [-0.05, 0) is 79.9 Å². The molecular formula is C23H28N2S. The Morgan fingerprint density at radius 3 is 2.54 bits per heavy atom. The summed E-state index contributed by atoms with van der Waals surface area (Å²) in [5.41, 5.74) is 3.05. The molecule has 0 aliphatic heterocycles. The maximum absolute atomic E-state index is 3.81. The molecule has 1 saturated carbocycles. The van der Waals surface area contributed by atoms with Crippen LogP contribution in [0.1, 0.15) is 36.8 Å². The van der Waals surface area contributed by atoms with Crippen molar-refractivity contribution in [2.75, 3.05) is 14.1 Å². The fourth-order valence-corrected chi connectivity index (χ4v) is 5.20. The summed E-state index contributed by atoms with van der Waals surface area (Å²) in [5.74, 6) is 0. The summed E-state index contributed by atoms with van der Waals surface area (Å²) >= 11 is 1.82. The van der Waals surface area contributed by atoms with Gasteiger partial charge in [0.15, 0.2) is 0 Å². The Morgan fingerprint density at radius 1 is 1.04 bits per heavy atom. The zero-order chi connectivity index (χ0) is 18.0. The molecule has 0 spiro atoms. The van der Waals surface area contributed by atoms with Crippen LogP contribution in [0.5, 0.6) is 0 Å². The number of rotatable bonds is 5. The Balaban J connectivity index is 1.39. The lowest BCUT2D eigenvalue weighted by atomic mass is 9.74. The van der Waals surface area contributed by atoms with Crippen molar-refractivity contribution >= 4 is 21.4 Å². The largest absolute Gasteiger partial charge is 0.310 e. The standard InChI is InChI=1S/C23H28N2S/c1-25(2)23(20-6-4-3-5-7-20)13-10-21(11-14-23)24-17-18-8-9-22-19(16-18)12-15-26-22/h3-9,12,15-16,21,24H,10-11,13-14,17H2,1-2H3. The van der Waals surface area contributed by atoms with Crippen molar-refractivity contribution in [1.29, 1.82) is 0 Å². The zero-order valence-corrected chi connectivity index (χ0v) is 16.6. The summed E-state index contributed by atoms with van der Waals surface area (Å²) < 4.78 is 1.38. The first-order chi connectivity index (χ1) is 12.7. The molecule has 1 fully saturated rings. The average molecular weight is 365 g/mol. The topological polar surface area (TPSA) is 15.3 Å². The van der Waals surface area contributed by atoms with E-state index in [9.17, 15) is 0 Å². The molecule has 1 aliphatic rings. The second-order valence-corrected chi connectivity index (χ2v) is 8.69. The summed E-state index contributed by atoms with van der Waals surface area (Å²) in [4.78, 5) is 2.43. The van der Waals surface area contributed by atoms with Gasteiger partial charge in [-0.15, -0.1) is 11.3 Å². The smallest absolute Gasteiger partial charge is 0.0455 e. The van der Waals surface area contributed by atoms with Gasteiger partial charge in [-0.25, -0.2) is 0 Å². The number of hydrogen-bond donors (Lipinski definition) is 1. The van der Waals surface area contributed by atoms with Crippen molar-refractivity contribution in [3.63, 3.8) is 0 Å². The van der Waals surface area contributed by atoms with Crippen LogP contribution in [0.3, 0.4) is 0 Å².